The van der Waals surface area contributed by atoms with Gasteiger partial charge in [-0.25, -0.2) is 13.9 Å². The van der Waals surface area contributed by atoms with Crippen molar-refractivity contribution in [1.82, 2.24) is 20.0 Å². The molecule has 1 N–H and O–H groups in total. The van der Waals surface area contributed by atoms with Gasteiger partial charge in [0.1, 0.15) is 11.9 Å². The third-order valence-corrected chi connectivity index (χ3v) is 7.11. The number of carbonyl (C=O) groups excluding carboxylic acids is 1. The molecule has 6 rings (SSSR count). The van der Waals surface area contributed by atoms with Crippen LogP contribution in [0.5, 0.6) is 0 Å². The number of rotatable bonds is 6. The molecule has 1 aliphatic carbocycles. The van der Waals surface area contributed by atoms with Gasteiger partial charge in [-0.05, 0) is 24.3 Å². The maximum Gasteiger partial charge on any atom is 0.414 e. The van der Waals surface area contributed by atoms with Crippen molar-refractivity contribution in [1.29, 1.82) is 0 Å². The zero-order chi connectivity index (χ0) is 22.6. The number of pyridine rings is 1. The number of aliphatic hydroxyl groups is 1. The van der Waals surface area contributed by atoms with Crippen LogP contribution in [0.15, 0.2) is 48.9 Å². The van der Waals surface area contributed by atoms with Gasteiger partial charge in [-0.1, -0.05) is 11.3 Å². The molecule has 3 aliphatic rings. The van der Waals surface area contributed by atoms with Crippen LogP contribution < -0.4 is 4.90 Å². The summed E-state index contributed by atoms with van der Waals surface area (Å²) in [4.78, 5) is 18.3. The largest absolute Gasteiger partial charge is 0.442 e. The monoisotopic (exact) mass is 451 g/mol. The summed E-state index contributed by atoms with van der Waals surface area (Å²) in [6.45, 7) is 1.99. The zero-order valence-corrected chi connectivity index (χ0v) is 17.7. The Morgan fingerprint density at radius 2 is 2.06 bits per heavy atom. The third kappa shape index (κ3) is 3.20. The first-order valence-electron chi connectivity index (χ1n) is 10.9. The topological polar surface area (TPSA) is 103 Å². The summed E-state index contributed by atoms with van der Waals surface area (Å²) >= 11 is 0. The molecule has 3 aromatic rings. The second-order valence-electron chi connectivity index (χ2n) is 8.79. The predicted octanol–water partition coefficient (Wildman–Crippen LogP) is 2.01. The van der Waals surface area contributed by atoms with Crippen molar-refractivity contribution in [2.45, 2.75) is 18.1 Å². The molecule has 2 saturated heterocycles. The molecule has 3 atom stereocenters. The predicted molar refractivity (Wildman–Crippen MR) is 114 cm³/mol. The van der Waals surface area contributed by atoms with Crippen molar-refractivity contribution in [2.75, 3.05) is 31.3 Å². The van der Waals surface area contributed by atoms with Gasteiger partial charge in [0.15, 0.2) is 0 Å². The Balaban J connectivity index is 1.19. The SMILES string of the molecule is O=C1O[C@@H](Cn2ccnn2)CN1c1ccc(-c2ccc(C3(CO)C4COCC43)nc2)c(F)c1. The first-order valence-corrected chi connectivity index (χ1v) is 10.9. The van der Waals surface area contributed by atoms with E-state index in [0.29, 0.717) is 55.0 Å². The van der Waals surface area contributed by atoms with Gasteiger partial charge in [-0.2, -0.15) is 0 Å². The number of halogens is 1. The Labute approximate surface area is 188 Å². The van der Waals surface area contributed by atoms with Gasteiger partial charge in [-0.3, -0.25) is 9.88 Å². The first kappa shape index (κ1) is 20.3. The van der Waals surface area contributed by atoms with Crippen LogP contribution in [-0.2, 0) is 21.4 Å². The molecule has 0 spiro atoms. The van der Waals surface area contributed by atoms with Crippen molar-refractivity contribution >= 4 is 11.8 Å². The minimum atomic E-state index is -0.522. The minimum absolute atomic E-state index is 0.0327. The fourth-order valence-corrected chi connectivity index (χ4v) is 5.25. The van der Waals surface area contributed by atoms with Gasteiger partial charge in [0.2, 0.25) is 0 Å². The van der Waals surface area contributed by atoms with Crippen molar-refractivity contribution in [3.63, 3.8) is 0 Å². The van der Waals surface area contributed by atoms with E-state index in [-0.39, 0.29) is 12.0 Å². The summed E-state index contributed by atoms with van der Waals surface area (Å²) in [5.41, 5.74) is 1.94. The number of hydrogen-bond acceptors (Lipinski definition) is 7. The second kappa shape index (κ2) is 7.60. The van der Waals surface area contributed by atoms with E-state index in [4.69, 9.17) is 9.47 Å². The van der Waals surface area contributed by atoms with Crippen molar-refractivity contribution < 1.29 is 23.8 Å². The Kier molecular flexibility index (Phi) is 4.66. The summed E-state index contributed by atoms with van der Waals surface area (Å²) < 4.78 is 27.5. The highest BCUT2D eigenvalue weighted by Gasteiger charge is 2.68. The van der Waals surface area contributed by atoms with Crippen LogP contribution in [0.2, 0.25) is 0 Å². The summed E-state index contributed by atoms with van der Waals surface area (Å²) in [7, 11) is 0. The van der Waals surface area contributed by atoms with E-state index >= 15 is 4.39 Å². The number of carbonyl (C=O) groups is 1. The van der Waals surface area contributed by atoms with Crippen molar-refractivity contribution in [2.24, 2.45) is 11.8 Å². The van der Waals surface area contributed by atoms with E-state index < -0.39 is 18.0 Å². The fourth-order valence-electron chi connectivity index (χ4n) is 5.25. The van der Waals surface area contributed by atoms with E-state index in [2.05, 4.69) is 15.3 Å². The summed E-state index contributed by atoms with van der Waals surface area (Å²) in [6, 6.07) is 8.36. The molecule has 2 aromatic heterocycles. The van der Waals surface area contributed by atoms with Gasteiger partial charge in [0.25, 0.3) is 0 Å². The lowest BCUT2D eigenvalue weighted by molar-refractivity contribution is 0.118. The molecule has 33 heavy (non-hydrogen) atoms. The highest BCUT2D eigenvalue weighted by Crippen LogP contribution is 2.62. The molecule has 170 valence electrons. The number of cyclic esters (lactones) is 1. The molecule has 1 saturated carbocycles. The molecule has 0 radical (unpaired) electrons. The van der Waals surface area contributed by atoms with Crippen LogP contribution in [0, 0.1) is 17.7 Å². The number of aromatic nitrogens is 4. The van der Waals surface area contributed by atoms with Crippen LogP contribution in [-0.4, -0.2) is 63.6 Å². The van der Waals surface area contributed by atoms with Gasteiger partial charge >= 0.3 is 6.09 Å². The number of fused-ring (bicyclic) bond motifs is 1. The number of ether oxygens (including phenoxy) is 2. The number of hydrogen-bond donors (Lipinski definition) is 1. The first-order chi connectivity index (χ1) is 16.1. The van der Waals surface area contributed by atoms with Crippen LogP contribution in [0.3, 0.4) is 0 Å². The van der Waals surface area contributed by atoms with Crippen LogP contribution >= 0.6 is 0 Å². The summed E-state index contributed by atoms with van der Waals surface area (Å²) in [5, 5.41) is 17.6. The summed E-state index contributed by atoms with van der Waals surface area (Å²) in [5.74, 6) is 0.138. The molecule has 4 heterocycles. The van der Waals surface area contributed by atoms with E-state index in [0.717, 1.165) is 5.69 Å². The minimum Gasteiger partial charge on any atom is -0.442 e. The van der Waals surface area contributed by atoms with Crippen LogP contribution in [0.25, 0.3) is 11.1 Å². The Morgan fingerprint density at radius 3 is 2.73 bits per heavy atom. The third-order valence-electron chi connectivity index (χ3n) is 7.11. The molecule has 9 nitrogen and oxygen atoms in total. The van der Waals surface area contributed by atoms with Crippen LogP contribution in [0.1, 0.15) is 5.69 Å². The molecule has 1 amide bonds. The van der Waals surface area contributed by atoms with Gasteiger partial charge in [0, 0.05) is 46.5 Å². The van der Waals surface area contributed by atoms with E-state index in [1.54, 1.807) is 35.4 Å². The quantitative estimate of drug-likeness (QED) is 0.612. The lowest BCUT2D eigenvalue weighted by Crippen LogP contribution is -2.26. The molecule has 0 bridgehead atoms. The van der Waals surface area contributed by atoms with Gasteiger partial charge in [-0.15, -0.1) is 5.10 Å². The van der Waals surface area contributed by atoms with Gasteiger partial charge < -0.3 is 14.6 Å². The number of anilines is 1. The normalized spacial score (nSPS) is 28.1. The van der Waals surface area contributed by atoms with E-state index in [9.17, 15) is 9.90 Å². The second-order valence-corrected chi connectivity index (χ2v) is 8.79. The standard InChI is InChI=1S/C23H22FN5O4/c24-20-7-15(29-10-16(33-22(29)31)9-28-6-5-26-27-28)2-3-17(20)14-1-4-21(25-8-14)23(13-30)18-11-32-12-19(18)23/h1-8,16,18-19,30H,9-13H2/t16-,18?,19?,23?/m0/s1. The molecule has 2 aliphatic heterocycles. The highest BCUT2D eigenvalue weighted by molar-refractivity contribution is 5.90. The van der Waals surface area contributed by atoms with E-state index in [1.807, 2.05) is 12.1 Å². The highest BCUT2D eigenvalue weighted by atomic mass is 19.1. The smallest absolute Gasteiger partial charge is 0.414 e. The molecule has 3 fully saturated rings. The average Bonchev–Trinajstić information content (AvgIpc) is 3.35. The number of nitrogens with zero attached hydrogens (tertiary/aromatic N) is 5. The van der Waals surface area contributed by atoms with Crippen LogP contribution in [0.4, 0.5) is 14.9 Å². The summed E-state index contributed by atoms with van der Waals surface area (Å²) in [6.07, 6.45) is 3.96. The average molecular weight is 451 g/mol. The van der Waals surface area contributed by atoms with E-state index in [1.165, 1.54) is 11.0 Å². The van der Waals surface area contributed by atoms with Gasteiger partial charge in [0.05, 0.1) is 44.8 Å². The lowest BCUT2D eigenvalue weighted by Gasteiger charge is -2.18. The molecular weight excluding hydrogens is 429 g/mol. The Bertz CT molecular complexity index is 1180. The Hall–Kier alpha value is -3.37. The van der Waals surface area contributed by atoms with Crippen molar-refractivity contribution in [3.05, 3.63) is 60.4 Å². The lowest BCUT2D eigenvalue weighted by atomic mass is 9.95. The van der Waals surface area contributed by atoms with Crippen molar-refractivity contribution in [3.8, 4) is 11.1 Å². The number of aliphatic hydroxyl groups excluding tert-OH is 1. The number of benzene rings is 1. The maximum absolute atomic E-state index is 15.0. The molecule has 1 aromatic carbocycles. The molecule has 10 heteroatoms. The molecule has 2 unspecified atom stereocenters. The molecular formula is C23H22FN5O4. The fraction of sp³-hybridized carbons (Fsp3) is 0.391. The Morgan fingerprint density at radius 1 is 1.21 bits per heavy atom. The zero-order valence-electron chi connectivity index (χ0n) is 17.7. The maximum atomic E-state index is 15.0. The number of amides is 1.